The molecule has 0 bridgehead atoms. The first-order chi connectivity index (χ1) is 7.60. The fraction of sp³-hybridized carbons (Fsp3) is 0.857. The molecule has 0 amide bonds. The van der Waals surface area contributed by atoms with E-state index in [0.29, 0.717) is 6.10 Å². The summed E-state index contributed by atoms with van der Waals surface area (Å²) in [5.74, 6) is 0. The van der Waals surface area contributed by atoms with Crippen molar-refractivity contribution in [1.82, 2.24) is 0 Å². The standard InChI is InChI=1S/C14H26O2/c1-5-7-8-9-10-12-11-13(16-15-12)14(3,4)6-2/h6,12-13H,2,5,7-11H2,1,3-4H3. The van der Waals surface area contributed by atoms with E-state index in [1.807, 2.05) is 6.08 Å². The monoisotopic (exact) mass is 226 g/mol. The van der Waals surface area contributed by atoms with Gasteiger partial charge in [0, 0.05) is 11.8 Å². The van der Waals surface area contributed by atoms with Gasteiger partial charge in [-0.15, -0.1) is 6.58 Å². The maximum Gasteiger partial charge on any atom is 0.104 e. The average molecular weight is 226 g/mol. The van der Waals surface area contributed by atoms with Crippen LogP contribution in [0.5, 0.6) is 0 Å². The first-order valence-corrected chi connectivity index (χ1v) is 6.56. The van der Waals surface area contributed by atoms with Crippen LogP contribution in [0.1, 0.15) is 59.3 Å². The van der Waals surface area contributed by atoms with Crippen molar-refractivity contribution in [3.05, 3.63) is 12.7 Å². The van der Waals surface area contributed by atoms with Crippen molar-refractivity contribution >= 4 is 0 Å². The summed E-state index contributed by atoms with van der Waals surface area (Å²) in [7, 11) is 0. The van der Waals surface area contributed by atoms with Crippen LogP contribution in [0.15, 0.2) is 12.7 Å². The Balaban J connectivity index is 2.22. The summed E-state index contributed by atoms with van der Waals surface area (Å²) in [6.07, 6.45) is 9.73. The second kappa shape index (κ2) is 6.41. The van der Waals surface area contributed by atoms with Gasteiger partial charge in [-0.2, -0.15) is 0 Å². The lowest BCUT2D eigenvalue weighted by Gasteiger charge is -2.24. The molecule has 0 aromatic rings. The molecule has 1 rings (SSSR count). The molecule has 1 aliphatic rings. The highest BCUT2D eigenvalue weighted by Crippen LogP contribution is 2.34. The minimum absolute atomic E-state index is 0.0121. The van der Waals surface area contributed by atoms with Gasteiger partial charge in [0.2, 0.25) is 0 Å². The van der Waals surface area contributed by atoms with Gasteiger partial charge in [0.05, 0.1) is 6.10 Å². The summed E-state index contributed by atoms with van der Waals surface area (Å²) in [6, 6.07) is 0. The summed E-state index contributed by atoms with van der Waals surface area (Å²) in [6.45, 7) is 10.4. The lowest BCUT2D eigenvalue weighted by molar-refractivity contribution is -0.308. The van der Waals surface area contributed by atoms with Crippen LogP contribution in [0.25, 0.3) is 0 Å². The van der Waals surface area contributed by atoms with Crippen molar-refractivity contribution in [2.75, 3.05) is 0 Å². The Kier molecular flexibility index (Phi) is 5.50. The van der Waals surface area contributed by atoms with Crippen molar-refractivity contribution in [1.29, 1.82) is 0 Å². The highest BCUT2D eigenvalue weighted by atomic mass is 17.2. The molecule has 0 aromatic heterocycles. The molecule has 2 nitrogen and oxygen atoms in total. The Hall–Kier alpha value is -0.340. The fourth-order valence-corrected chi connectivity index (χ4v) is 1.99. The molecule has 1 heterocycles. The summed E-state index contributed by atoms with van der Waals surface area (Å²) in [5, 5.41) is 0. The second-order valence-electron chi connectivity index (χ2n) is 5.41. The van der Waals surface area contributed by atoms with Gasteiger partial charge in [0.15, 0.2) is 0 Å². The van der Waals surface area contributed by atoms with Crippen molar-refractivity contribution in [3.8, 4) is 0 Å². The number of hydrogen-bond donors (Lipinski definition) is 0. The maximum absolute atomic E-state index is 5.41. The highest BCUT2D eigenvalue weighted by molar-refractivity contribution is 4.95. The zero-order valence-electron chi connectivity index (χ0n) is 11.0. The number of hydrogen-bond acceptors (Lipinski definition) is 2. The lowest BCUT2D eigenvalue weighted by atomic mass is 9.84. The smallest absolute Gasteiger partial charge is 0.104 e. The molecule has 2 atom stereocenters. The van der Waals surface area contributed by atoms with Crippen LogP contribution in [0.2, 0.25) is 0 Å². The van der Waals surface area contributed by atoms with Crippen LogP contribution in [0.4, 0.5) is 0 Å². The van der Waals surface area contributed by atoms with E-state index in [0.717, 1.165) is 12.8 Å². The normalized spacial score (nSPS) is 25.9. The van der Waals surface area contributed by atoms with Gasteiger partial charge in [0.1, 0.15) is 6.10 Å². The Morgan fingerprint density at radius 2 is 2.00 bits per heavy atom. The molecule has 94 valence electrons. The molecule has 0 saturated carbocycles. The molecule has 1 saturated heterocycles. The van der Waals surface area contributed by atoms with E-state index in [9.17, 15) is 0 Å². The van der Waals surface area contributed by atoms with Crippen LogP contribution in [-0.4, -0.2) is 12.2 Å². The first kappa shape index (κ1) is 13.7. The molecule has 0 aliphatic carbocycles. The van der Waals surface area contributed by atoms with Crippen LogP contribution >= 0.6 is 0 Å². The van der Waals surface area contributed by atoms with E-state index in [2.05, 4.69) is 27.4 Å². The van der Waals surface area contributed by atoms with Gasteiger partial charge in [-0.05, 0) is 6.42 Å². The molecular formula is C14H26O2. The van der Waals surface area contributed by atoms with Gasteiger partial charge >= 0.3 is 0 Å². The van der Waals surface area contributed by atoms with Crippen LogP contribution in [0, 0.1) is 5.41 Å². The molecular weight excluding hydrogens is 200 g/mol. The highest BCUT2D eigenvalue weighted by Gasteiger charge is 2.36. The first-order valence-electron chi connectivity index (χ1n) is 6.56. The minimum atomic E-state index is 0.0121. The van der Waals surface area contributed by atoms with Gasteiger partial charge in [-0.25, -0.2) is 9.78 Å². The molecule has 0 radical (unpaired) electrons. The Morgan fingerprint density at radius 3 is 2.62 bits per heavy atom. The Bertz CT molecular complexity index is 211. The maximum atomic E-state index is 5.41. The molecule has 1 aliphatic heterocycles. The zero-order chi connectivity index (χ0) is 12.0. The zero-order valence-corrected chi connectivity index (χ0v) is 11.0. The average Bonchev–Trinajstić information content (AvgIpc) is 2.74. The molecule has 1 fully saturated rings. The Labute approximate surface area is 99.9 Å². The van der Waals surface area contributed by atoms with Crippen molar-refractivity contribution in [2.45, 2.75) is 71.5 Å². The van der Waals surface area contributed by atoms with Crippen molar-refractivity contribution in [2.24, 2.45) is 5.41 Å². The molecule has 0 aromatic carbocycles. The molecule has 0 spiro atoms. The fourth-order valence-electron chi connectivity index (χ4n) is 1.99. The largest absolute Gasteiger partial charge is 0.233 e. The summed E-state index contributed by atoms with van der Waals surface area (Å²) < 4.78 is 0. The molecule has 0 N–H and O–H groups in total. The SMILES string of the molecule is C=CC(C)(C)C1CC(CCCCCC)OO1. The van der Waals surface area contributed by atoms with Crippen LogP contribution in [0.3, 0.4) is 0 Å². The van der Waals surface area contributed by atoms with Crippen molar-refractivity contribution in [3.63, 3.8) is 0 Å². The van der Waals surface area contributed by atoms with E-state index < -0.39 is 0 Å². The van der Waals surface area contributed by atoms with E-state index >= 15 is 0 Å². The Morgan fingerprint density at radius 1 is 1.25 bits per heavy atom. The molecule has 16 heavy (non-hydrogen) atoms. The third-order valence-electron chi connectivity index (χ3n) is 3.52. The van der Waals surface area contributed by atoms with Gasteiger partial charge in [0.25, 0.3) is 0 Å². The van der Waals surface area contributed by atoms with E-state index in [1.54, 1.807) is 0 Å². The van der Waals surface area contributed by atoms with E-state index in [4.69, 9.17) is 9.78 Å². The predicted molar refractivity (Wildman–Crippen MR) is 67.1 cm³/mol. The van der Waals surface area contributed by atoms with E-state index in [-0.39, 0.29) is 11.5 Å². The van der Waals surface area contributed by atoms with E-state index in [1.165, 1.54) is 25.7 Å². The minimum Gasteiger partial charge on any atom is -0.233 e. The topological polar surface area (TPSA) is 18.5 Å². The van der Waals surface area contributed by atoms with Gasteiger partial charge in [-0.1, -0.05) is 52.5 Å². The third-order valence-corrected chi connectivity index (χ3v) is 3.52. The van der Waals surface area contributed by atoms with Crippen molar-refractivity contribution < 1.29 is 9.78 Å². The van der Waals surface area contributed by atoms with Crippen LogP contribution in [-0.2, 0) is 9.78 Å². The molecule has 2 heteroatoms. The number of unbranched alkanes of at least 4 members (excludes halogenated alkanes) is 3. The quantitative estimate of drug-likeness (QED) is 0.367. The predicted octanol–water partition coefficient (Wildman–Crippen LogP) is 4.26. The summed E-state index contributed by atoms with van der Waals surface area (Å²) in [4.78, 5) is 10.8. The third kappa shape index (κ3) is 3.91. The van der Waals surface area contributed by atoms with Crippen LogP contribution < -0.4 is 0 Å². The lowest BCUT2D eigenvalue weighted by Crippen LogP contribution is -2.26. The molecule has 2 unspecified atom stereocenters. The second-order valence-corrected chi connectivity index (χ2v) is 5.41. The summed E-state index contributed by atoms with van der Waals surface area (Å²) >= 11 is 0. The van der Waals surface area contributed by atoms with Gasteiger partial charge in [-0.3, -0.25) is 0 Å². The number of rotatable bonds is 7. The van der Waals surface area contributed by atoms with Gasteiger partial charge < -0.3 is 0 Å². The summed E-state index contributed by atoms with van der Waals surface area (Å²) in [5.41, 5.74) is 0.0121.